The number of ether oxygens (including phenoxy) is 1. The van der Waals surface area contributed by atoms with E-state index in [4.69, 9.17) is 10.5 Å². The van der Waals surface area contributed by atoms with Crippen LogP contribution in [0.25, 0.3) is 0 Å². The van der Waals surface area contributed by atoms with Crippen molar-refractivity contribution in [2.24, 2.45) is 17.6 Å². The van der Waals surface area contributed by atoms with Crippen molar-refractivity contribution in [2.45, 2.75) is 30.7 Å². The maximum absolute atomic E-state index is 12.9. The fourth-order valence-corrected chi connectivity index (χ4v) is 5.27. The van der Waals surface area contributed by atoms with Crippen molar-refractivity contribution in [1.82, 2.24) is 4.31 Å². The van der Waals surface area contributed by atoms with E-state index in [2.05, 4.69) is 0 Å². The first-order chi connectivity index (χ1) is 10.1. The standard InChI is InChI=1S/C15H22N2O3S/c1-20-14-7-11(8-16)5-6-15(14)21(18,19)17-9-12-3-2-4-13(12)10-17/h5-7,12-13H,2-4,8-10,16H2,1H3. The molecule has 1 aromatic rings. The molecule has 1 aliphatic carbocycles. The summed E-state index contributed by atoms with van der Waals surface area (Å²) in [6, 6.07) is 5.08. The van der Waals surface area contributed by atoms with E-state index >= 15 is 0 Å². The molecule has 2 atom stereocenters. The molecule has 2 fully saturated rings. The Balaban J connectivity index is 1.92. The predicted molar refractivity (Wildman–Crippen MR) is 80.5 cm³/mol. The van der Waals surface area contributed by atoms with Crippen molar-refractivity contribution in [3.63, 3.8) is 0 Å². The van der Waals surface area contributed by atoms with E-state index in [1.54, 1.807) is 22.5 Å². The Labute approximate surface area is 126 Å². The van der Waals surface area contributed by atoms with Crippen LogP contribution in [0.5, 0.6) is 5.75 Å². The van der Waals surface area contributed by atoms with Gasteiger partial charge in [-0.15, -0.1) is 0 Å². The fourth-order valence-electron chi connectivity index (χ4n) is 3.58. The maximum atomic E-state index is 12.9. The van der Waals surface area contributed by atoms with E-state index in [0.717, 1.165) is 18.4 Å². The molecule has 2 N–H and O–H groups in total. The number of nitrogens with zero attached hydrogens (tertiary/aromatic N) is 1. The van der Waals surface area contributed by atoms with Gasteiger partial charge in [0, 0.05) is 19.6 Å². The van der Waals surface area contributed by atoms with E-state index in [0.29, 0.717) is 37.2 Å². The SMILES string of the molecule is COc1cc(CN)ccc1S(=O)(=O)N1CC2CCCC2C1. The van der Waals surface area contributed by atoms with Gasteiger partial charge in [-0.05, 0) is 42.4 Å². The monoisotopic (exact) mass is 310 g/mol. The van der Waals surface area contributed by atoms with Crippen LogP contribution in [0.15, 0.2) is 23.1 Å². The van der Waals surface area contributed by atoms with E-state index in [1.165, 1.54) is 13.5 Å². The molecule has 6 heteroatoms. The number of sulfonamides is 1. The number of nitrogens with two attached hydrogens (primary N) is 1. The Kier molecular flexibility index (Phi) is 3.94. The fraction of sp³-hybridized carbons (Fsp3) is 0.600. The van der Waals surface area contributed by atoms with Gasteiger partial charge in [0.1, 0.15) is 10.6 Å². The first-order valence-corrected chi connectivity index (χ1v) is 8.87. The minimum absolute atomic E-state index is 0.252. The summed E-state index contributed by atoms with van der Waals surface area (Å²) < 4.78 is 32.6. The largest absolute Gasteiger partial charge is 0.495 e. The van der Waals surface area contributed by atoms with Crippen molar-refractivity contribution in [3.8, 4) is 5.75 Å². The van der Waals surface area contributed by atoms with Gasteiger partial charge < -0.3 is 10.5 Å². The van der Waals surface area contributed by atoms with E-state index in [9.17, 15) is 8.42 Å². The molecule has 1 heterocycles. The number of rotatable bonds is 4. The van der Waals surface area contributed by atoms with Crippen LogP contribution in [-0.4, -0.2) is 32.9 Å². The van der Waals surface area contributed by atoms with Crippen LogP contribution in [0.2, 0.25) is 0 Å². The average molecular weight is 310 g/mol. The quantitative estimate of drug-likeness (QED) is 0.916. The Bertz CT molecular complexity index is 618. The van der Waals surface area contributed by atoms with Crippen LogP contribution in [0.4, 0.5) is 0 Å². The Hall–Kier alpha value is -1.11. The van der Waals surface area contributed by atoms with Gasteiger partial charge in [-0.25, -0.2) is 8.42 Å². The van der Waals surface area contributed by atoms with Gasteiger partial charge >= 0.3 is 0 Å². The molecule has 2 unspecified atom stereocenters. The lowest BCUT2D eigenvalue weighted by molar-refractivity contribution is 0.395. The molecule has 1 saturated heterocycles. The van der Waals surface area contributed by atoms with Gasteiger partial charge in [-0.3, -0.25) is 0 Å². The molecular formula is C15H22N2O3S. The summed E-state index contributed by atoms with van der Waals surface area (Å²) in [5.74, 6) is 1.46. The zero-order chi connectivity index (χ0) is 15.0. The third kappa shape index (κ3) is 2.56. The zero-order valence-corrected chi connectivity index (χ0v) is 13.1. The van der Waals surface area contributed by atoms with E-state index < -0.39 is 10.0 Å². The van der Waals surface area contributed by atoms with Crippen molar-refractivity contribution in [3.05, 3.63) is 23.8 Å². The van der Waals surface area contributed by atoms with Gasteiger partial charge in [-0.1, -0.05) is 12.5 Å². The highest BCUT2D eigenvalue weighted by molar-refractivity contribution is 7.89. The highest BCUT2D eigenvalue weighted by atomic mass is 32.2. The zero-order valence-electron chi connectivity index (χ0n) is 12.3. The van der Waals surface area contributed by atoms with E-state index in [-0.39, 0.29) is 4.90 Å². The number of methoxy groups -OCH3 is 1. The summed E-state index contributed by atoms with van der Waals surface area (Å²) in [5.41, 5.74) is 6.47. The third-order valence-electron chi connectivity index (χ3n) is 4.77. The summed E-state index contributed by atoms with van der Waals surface area (Å²) in [6.45, 7) is 1.66. The predicted octanol–water partition coefficient (Wildman–Crippen LogP) is 1.57. The molecule has 1 aliphatic heterocycles. The van der Waals surface area contributed by atoms with Gasteiger partial charge in [0.25, 0.3) is 0 Å². The molecule has 116 valence electrons. The Morgan fingerprint density at radius 3 is 2.52 bits per heavy atom. The second-order valence-corrected chi connectivity index (χ2v) is 7.87. The maximum Gasteiger partial charge on any atom is 0.246 e. The number of fused-ring (bicyclic) bond motifs is 1. The topological polar surface area (TPSA) is 72.6 Å². The van der Waals surface area contributed by atoms with E-state index in [1.807, 2.05) is 0 Å². The second-order valence-electron chi connectivity index (χ2n) is 5.96. The summed E-state index contributed by atoms with van der Waals surface area (Å²) in [6.07, 6.45) is 3.54. The molecule has 0 amide bonds. The van der Waals surface area contributed by atoms with Gasteiger partial charge in [0.05, 0.1) is 7.11 Å². The smallest absolute Gasteiger partial charge is 0.246 e. The second kappa shape index (κ2) is 5.59. The van der Waals surface area contributed by atoms with Gasteiger partial charge in [0.15, 0.2) is 0 Å². The molecular weight excluding hydrogens is 288 g/mol. The van der Waals surface area contributed by atoms with Crippen LogP contribution in [-0.2, 0) is 16.6 Å². The van der Waals surface area contributed by atoms with Crippen molar-refractivity contribution in [2.75, 3.05) is 20.2 Å². The van der Waals surface area contributed by atoms with Crippen LogP contribution in [0.3, 0.4) is 0 Å². The molecule has 3 rings (SSSR count). The minimum Gasteiger partial charge on any atom is -0.495 e. The number of hydrogen-bond acceptors (Lipinski definition) is 4. The highest BCUT2D eigenvalue weighted by Crippen LogP contribution is 2.40. The van der Waals surface area contributed by atoms with Crippen molar-refractivity contribution in [1.29, 1.82) is 0 Å². The Morgan fingerprint density at radius 2 is 1.95 bits per heavy atom. The third-order valence-corrected chi connectivity index (χ3v) is 6.65. The molecule has 0 aromatic heterocycles. The van der Waals surface area contributed by atoms with Crippen LogP contribution in [0, 0.1) is 11.8 Å². The Morgan fingerprint density at radius 1 is 1.29 bits per heavy atom. The molecule has 0 spiro atoms. The number of benzene rings is 1. The molecule has 1 saturated carbocycles. The molecule has 1 aromatic carbocycles. The average Bonchev–Trinajstić information content (AvgIpc) is 3.08. The van der Waals surface area contributed by atoms with Crippen molar-refractivity contribution >= 4 is 10.0 Å². The van der Waals surface area contributed by atoms with Crippen LogP contribution < -0.4 is 10.5 Å². The molecule has 5 nitrogen and oxygen atoms in total. The van der Waals surface area contributed by atoms with Crippen molar-refractivity contribution < 1.29 is 13.2 Å². The summed E-state index contributed by atoms with van der Waals surface area (Å²) in [4.78, 5) is 0.252. The minimum atomic E-state index is -3.48. The highest BCUT2D eigenvalue weighted by Gasteiger charge is 2.42. The summed E-state index contributed by atoms with van der Waals surface area (Å²) in [5, 5.41) is 0. The number of hydrogen-bond donors (Lipinski definition) is 1. The van der Waals surface area contributed by atoms with Crippen LogP contribution in [0.1, 0.15) is 24.8 Å². The molecule has 2 aliphatic rings. The molecule has 21 heavy (non-hydrogen) atoms. The lowest BCUT2D eigenvalue weighted by Gasteiger charge is -2.19. The summed E-state index contributed by atoms with van der Waals surface area (Å²) in [7, 11) is -1.99. The first kappa shape index (κ1) is 14.8. The molecule has 0 radical (unpaired) electrons. The lowest BCUT2D eigenvalue weighted by atomic mass is 10.0. The first-order valence-electron chi connectivity index (χ1n) is 7.43. The normalized spacial score (nSPS) is 26.0. The lowest BCUT2D eigenvalue weighted by Crippen LogP contribution is -2.30. The van der Waals surface area contributed by atoms with Crippen LogP contribution >= 0.6 is 0 Å². The van der Waals surface area contributed by atoms with Gasteiger partial charge in [0.2, 0.25) is 10.0 Å². The molecule has 0 bridgehead atoms. The summed E-state index contributed by atoms with van der Waals surface area (Å²) >= 11 is 0. The van der Waals surface area contributed by atoms with Gasteiger partial charge in [-0.2, -0.15) is 4.31 Å².